The van der Waals surface area contributed by atoms with E-state index >= 15 is 0 Å². The molecule has 182 valence electrons. The highest BCUT2D eigenvalue weighted by atomic mass is 35.5. The van der Waals surface area contributed by atoms with Crippen LogP contribution in [-0.2, 0) is 11.2 Å². The summed E-state index contributed by atoms with van der Waals surface area (Å²) in [5.74, 6) is 1.29. The molecule has 0 aliphatic heterocycles. The lowest BCUT2D eigenvalue weighted by Gasteiger charge is -2.13. The predicted octanol–water partition coefficient (Wildman–Crippen LogP) is 4.88. The van der Waals surface area contributed by atoms with Gasteiger partial charge in [0, 0.05) is 11.6 Å². The third-order valence-corrected chi connectivity index (χ3v) is 7.62. The number of aromatic nitrogens is 2. The average Bonchev–Trinajstić information content (AvgIpc) is 3.33. The zero-order valence-corrected chi connectivity index (χ0v) is 21.9. The Labute approximate surface area is 216 Å². The van der Waals surface area contributed by atoms with E-state index in [1.54, 1.807) is 30.9 Å². The van der Waals surface area contributed by atoms with E-state index in [0.717, 1.165) is 11.1 Å². The number of thiophene rings is 1. The minimum Gasteiger partial charge on any atom is -0.493 e. The van der Waals surface area contributed by atoms with Crippen LogP contribution in [0.3, 0.4) is 0 Å². The first-order valence-electron chi connectivity index (χ1n) is 10.8. The molecule has 1 amide bonds. The van der Waals surface area contributed by atoms with Gasteiger partial charge >= 0.3 is 0 Å². The SMILES string of the molecule is COc1ccc(CCNC(=O)CSc2nc3ccsc3c(=O)n2-c2ccc(Cl)c(C)c2)cc1OC. The molecule has 2 aromatic heterocycles. The first-order valence-corrected chi connectivity index (χ1v) is 13.0. The monoisotopic (exact) mass is 529 g/mol. The van der Waals surface area contributed by atoms with Crippen LogP contribution in [-0.4, -0.2) is 42.0 Å². The molecule has 4 rings (SSSR count). The Morgan fingerprint density at radius 1 is 1.14 bits per heavy atom. The van der Waals surface area contributed by atoms with Crippen LogP contribution in [0.5, 0.6) is 11.5 Å². The second kappa shape index (κ2) is 11.2. The van der Waals surface area contributed by atoms with Gasteiger partial charge in [0.1, 0.15) is 4.70 Å². The number of rotatable bonds is 9. The summed E-state index contributed by atoms with van der Waals surface area (Å²) in [5.41, 5.74) is 3.00. The molecule has 10 heteroatoms. The molecule has 0 unspecified atom stereocenters. The predicted molar refractivity (Wildman–Crippen MR) is 142 cm³/mol. The fraction of sp³-hybridized carbons (Fsp3) is 0.240. The number of thioether (sulfide) groups is 1. The summed E-state index contributed by atoms with van der Waals surface area (Å²) in [5, 5.41) is 5.84. The van der Waals surface area contributed by atoms with Crippen molar-refractivity contribution < 1.29 is 14.3 Å². The van der Waals surface area contributed by atoms with Gasteiger partial charge in [0.05, 0.1) is 31.2 Å². The standard InChI is InChI=1S/C25H24ClN3O4S2/c1-15-12-17(5-6-18(15)26)29-24(31)23-19(9-11-34-23)28-25(29)35-14-22(30)27-10-8-16-4-7-20(32-2)21(13-16)33-3/h4-7,9,11-13H,8,10,14H2,1-3H3,(H,27,30). The van der Waals surface area contributed by atoms with Gasteiger partial charge in [0.25, 0.3) is 5.56 Å². The maximum atomic E-state index is 13.2. The second-order valence-electron chi connectivity index (χ2n) is 7.68. The van der Waals surface area contributed by atoms with Crippen molar-refractivity contribution in [2.75, 3.05) is 26.5 Å². The van der Waals surface area contributed by atoms with Crippen LogP contribution in [0.15, 0.2) is 57.8 Å². The molecule has 2 heterocycles. The number of hydrogen-bond acceptors (Lipinski definition) is 7. The summed E-state index contributed by atoms with van der Waals surface area (Å²) in [7, 11) is 3.18. The third-order valence-electron chi connectivity index (χ3n) is 5.37. The van der Waals surface area contributed by atoms with Crippen LogP contribution in [0.25, 0.3) is 15.9 Å². The Hall–Kier alpha value is -3.01. The van der Waals surface area contributed by atoms with Gasteiger partial charge in [-0.1, -0.05) is 29.4 Å². The van der Waals surface area contributed by atoms with E-state index in [2.05, 4.69) is 10.3 Å². The summed E-state index contributed by atoms with van der Waals surface area (Å²) in [4.78, 5) is 30.5. The average molecular weight is 530 g/mol. The van der Waals surface area contributed by atoms with Crippen LogP contribution < -0.4 is 20.3 Å². The largest absolute Gasteiger partial charge is 0.493 e. The minimum absolute atomic E-state index is 0.126. The first kappa shape index (κ1) is 25.1. The quantitative estimate of drug-likeness (QED) is 0.246. The first-order chi connectivity index (χ1) is 16.9. The van der Waals surface area contributed by atoms with Gasteiger partial charge in [-0.2, -0.15) is 0 Å². The Morgan fingerprint density at radius 2 is 1.94 bits per heavy atom. The summed E-state index contributed by atoms with van der Waals surface area (Å²) in [6.07, 6.45) is 0.643. The number of amides is 1. The van der Waals surface area contributed by atoms with Crippen molar-refractivity contribution in [2.24, 2.45) is 0 Å². The number of aryl methyl sites for hydroxylation is 1. The van der Waals surface area contributed by atoms with Crippen LogP contribution in [0.2, 0.25) is 5.02 Å². The van der Waals surface area contributed by atoms with Gasteiger partial charge in [-0.3, -0.25) is 14.2 Å². The van der Waals surface area contributed by atoms with Gasteiger partial charge in [-0.15, -0.1) is 11.3 Å². The molecule has 35 heavy (non-hydrogen) atoms. The van der Waals surface area contributed by atoms with Crippen molar-refractivity contribution in [2.45, 2.75) is 18.5 Å². The third kappa shape index (κ3) is 5.63. The molecule has 4 aromatic rings. The second-order valence-corrected chi connectivity index (χ2v) is 9.95. The normalized spacial score (nSPS) is 11.0. The van der Waals surface area contributed by atoms with Crippen molar-refractivity contribution >= 4 is 50.8 Å². The molecule has 0 saturated heterocycles. The lowest BCUT2D eigenvalue weighted by molar-refractivity contribution is -0.118. The van der Waals surface area contributed by atoms with Gasteiger partial charge in [-0.25, -0.2) is 4.98 Å². The van der Waals surface area contributed by atoms with Gasteiger partial charge in [0.2, 0.25) is 5.91 Å². The maximum Gasteiger partial charge on any atom is 0.276 e. The van der Waals surface area contributed by atoms with Crippen molar-refractivity contribution in [1.82, 2.24) is 14.9 Å². The fourth-order valence-corrected chi connectivity index (χ4v) is 5.27. The molecular weight excluding hydrogens is 506 g/mol. The lowest BCUT2D eigenvalue weighted by Crippen LogP contribution is -2.28. The molecule has 0 aliphatic carbocycles. The number of ether oxygens (including phenoxy) is 2. The summed E-state index contributed by atoms with van der Waals surface area (Å²) in [6.45, 7) is 2.35. The van der Waals surface area contributed by atoms with Crippen molar-refractivity contribution in [3.63, 3.8) is 0 Å². The van der Waals surface area contributed by atoms with Crippen molar-refractivity contribution in [1.29, 1.82) is 0 Å². The van der Waals surface area contributed by atoms with Gasteiger partial charge in [-0.05, 0) is 66.2 Å². The fourth-order valence-electron chi connectivity index (χ4n) is 3.55. The highest BCUT2D eigenvalue weighted by Crippen LogP contribution is 2.28. The van der Waals surface area contributed by atoms with Gasteiger partial charge in [0.15, 0.2) is 16.7 Å². The highest BCUT2D eigenvalue weighted by molar-refractivity contribution is 7.99. The maximum absolute atomic E-state index is 13.2. The van der Waals surface area contributed by atoms with E-state index in [9.17, 15) is 9.59 Å². The molecule has 0 saturated carbocycles. The number of fused-ring (bicyclic) bond motifs is 1. The number of carbonyl (C=O) groups excluding carboxylic acids is 1. The minimum atomic E-state index is -0.164. The Balaban J connectivity index is 1.46. The molecule has 1 N–H and O–H groups in total. The summed E-state index contributed by atoms with van der Waals surface area (Å²) >= 11 is 8.75. The molecule has 0 radical (unpaired) electrons. The molecule has 0 aliphatic rings. The molecule has 0 atom stereocenters. The van der Waals surface area contributed by atoms with E-state index in [1.165, 1.54) is 23.1 Å². The molecular formula is C25H24ClN3O4S2. The summed E-state index contributed by atoms with van der Waals surface area (Å²) in [6, 6.07) is 12.9. The van der Waals surface area contributed by atoms with Crippen LogP contribution in [0.1, 0.15) is 11.1 Å². The van der Waals surface area contributed by atoms with Gasteiger partial charge < -0.3 is 14.8 Å². The zero-order chi connectivity index (χ0) is 24.9. The topological polar surface area (TPSA) is 82.5 Å². The zero-order valence-electron chi connectivity index (χ0n) is 19.5. The number of methoxy groups -OCH3 is 2. The van der Waals surface area contributed by atoms with E-state index in [0.29, 0.717) is 50.5 Å². The molecule has 2 aromatic carbocycles. The van der Waals surface area contributed by atoms with Crippen molar-refractivity contribution in [3.8, 4) is 17.2 Å². The van der Waals surface area contributed by atoms with E-state index < -0.39 is 0 Å². The Morgan fingerprint density at radius 3 is 2.69 bits per heavy atom. The molecule has 0 bridgehead atoms. The molecule has 7 nitrogen and oxygen atoms in total. The number of benzene rings is 2. The number of nitrogens with zero attached hydrogens (tertiary/aromatic N) is 2. The van der Waals surface area contributed by atoms with Crippen LogP contribution in [0, 0.1) is 6.92 Å². The Bertz CT molecular complexity index is 1430. The number of halogens is 1. The van der Waals surface area contributed by atoms with E-state index in [4.69, 9.17) is 21.1 Å². The van der Waals surface area contributed by atoms with E-state index in [1.807, 2.05) is 42.6 Å². The number of hydrogen-bond donors (Lipinski definition) is 1. The lowest BCUT2D eigenvalue weighted by atomic mass is 10.1. The smallest absolute Gasteiger partial charge is 0.276 e. The van der Waals surface area contributed by atoms with Crippen molar-refractivity contribution in [3.05, 3.63) is 74.3 Å². The van der Waals surface area contributed by atoms with Crippen LogP contribution in [0.4, 0.5) is 0 Å². The molecule has 0 spiro atoms. The summed E-state index contributed by atoms with van der Waals surface area (Å²) < 4.78 is 12.7. The van der Waals surface area contributed by atoms with E-state index in [-0.39, 0.29) is 17.2 Å². The number of carbonyl (C=O) groups is 1. The molecule has 0 fully saturated rings. The number of nitrogens with one attached hydrogen (secondary N) is 1. The Kier molecular flexibility index (Phi) is 8.00. The highest BCUT2D eigenvalue weighted by Gasteiger charge is 2.16. The van der Waals surface area contributed by atoms with Crippen LogP contribution >= 0.6 is 34.7 Å².